The van der Waals surface area contributed by atoms with E-state index in [9.17, 15) is 4.79 Å². The lowest BCUT2D eigenvalue weighted by Crippen LogP contribution is -2.23. The second kappa shape index (κ2) is 8.68. The molecule has 2 aromatic heterocycles. The quantitative estimate of drug-likeness (QED) is 0.454. The average molecular weight is 426 g/mol. The number of nitrogens with one attached hydrogen (secondary N) is 1. The lowest BCUT2D eigenvalue weighted by Gasteiger charge is -2.07. The molecule has 0 saturated carbocycles. The number of ether oxygens (including phenoxy) is 1. The minimum absolute atomic E-state index is 0.0187. The number of rotatable bonds is 7. The largest absolute Gasteiger partial charge is 0.497 e. The van der Waals surface area contributed by atoms with Gasteiger partial charge in [-0.2, -0.15) is 0 Å². The first-order valence-corrected chi connectivity index (χ1v) is 10.5. The lowest BCUT2D eigenvalue weighted by molar-refractivity contribution is -0.121. The van der Waals surface area contributed by atoms with Gasteiger partial charge in [-0.15, -0.1) is 11.3 Å². The molecule has 0 aliphatic heterocycles. The summed E-state index contributed by atoms with van der Waals surface area (Å²) in [6.45, 7) is 0.487. The van der Waals surface area contributed by atoms with Crippen molar-refractivity contribution in [2.75, 3.05) is 7.11 Å². The van der Waals surface area contributed by atoms with E-state index in [0.717, 1.165) is 33.2 Å². The molecule has 148 valence electrons. The van der Waals surface area contributed by atoms with Gasteiger partial charge in [0, 0.05) is 40.8 Å². The highest BCUT2D eigenvalue weighted by Crippen LogP contribution is 2.25. The highest BCUT2D eigenvalue weighted by molar-refractivity contribution is 7.15. The number of aryl methyl sites for hydroxylation is 1. The molecule has 4 aromatic rings. The Morgan fingerprint density at radius 2 is 2.07 bits per heavy atom. The predicted molar refractivity (Wildman–Crippen MR) is 117 cm³/mol. The Kier molecular flexibility index (Phi) is 5.83. The van der Waals surface area contributed by atoms with E-state index >= 15 is 0 Å². The Balaban J connectivity index is 1.37. The number of methoxy groups -OCH3 is 1. The summed E-state index contributed by atoms with van der Waals surface area (Å²) < 4.78 is 7.27. The molecule has 0 unspecified atom stereocenters. The third-order valence-electron chi connectivity index (χ3n) is 4.66. The monoisotopic (exact) mass is 425 g/mol. The molecule has 0 spiro atoms. The van der Waals surface area contributed by atoms with E-state index < -0.39 is 0 Å². The van der Waals surface area contributed by atoms with Crippen molar-refractivity contribution in [1.82, 2.24) is 14.7 Å². The molecule has 7 heteroatoms. The fraction of sp³-hybridized carbons (Fsp3) is 0.182. The molecule has 2 aromatic carbocycles. The number of thiazole rings is 1. The van der Waals surface area contributed by atoms with E-state index in [-0.39, 0.29) is 5.91 Å². The number of carbonyl (C=O) groups excluding carboxylic acids is 1. The topological polar surface area (TPSA) is 55.6 Å². The molecule has 5 nitrogen and oxygen atoms in total. The maximum Gasteiger partial charge on any atom is 0.220 e. The Bertz CT molecular complexity index is 1130. The molecule has 2 heterocycles. The molecule has 0 aliphatic rings. The summed E-state index contributed by atoms with van der Waals surface area (Å²) in [5, 5.41) is 5.73. The Hall–Kier alpha value is -2.83. The Morgan fingerprint density at radius 3 is 2.86 bits per heavy atom. The van der Waals surface area contributed by atoms with Crippen LogP contribution in [0.4, 0.5) is 0 Å². The van der Waals surface area contributed by atoms with Gasteiger partial charge in [0.2, 0.25) is 5.91 Å². The number of carbonyl (C=O) groups is 1. The summed E-state index contributed by atoms with van der Waals surface area (Å²) in [4.78, 5) is 17.9. The number of hydrogen-bond donors (Lipinski definition) is 1. The zero-order chi connectivity index (χ0) is 20.2. The summed E-state index contributed by atoms with van der Waals surface area (Å²) in [6, 6.07) is 15.3. The maximum atomic E-state index is 12.3. The van der Waals surface area contributed by atoms with Gasteiger partial charge in [0.15, 0.2) is 4.96 Å². The zero-order valence-electron chi connectivity index (χ0n) is 15.9. The van der Waals surface area contributed by atoms with Gasteiger partial charge in [-0.1, -0.05) is 35.9 Å². The fourth-order valence-electron chi connectivity index (χ4n) is 3.08. The molecule has 29 heavy (non-hydrogen) atoms. The highest BCUT2D eigenvalue weighted by atomic mass is 35.5. The zero-order valence-corrected chi connectivity index (χ0v) is 17.5. The number of benzene rings is 2. The summed E-state index contributed by atoms with van der Waals surface area (Å²) in [5.74, 6) is 0.805. The van der Waals surface area contributed by atoms with E-state index in [1.165, 1.54) is 0 Å². The third-order valence-corrected chi connectivity index (χ3v) is 5.80. The summed E-state index contributed by atoms with van der Waals surface area (Å²) in [5.41, 5.74) is 4.01. The van der Waals surface area contributed by atoms with E-state index in [2.05, 4.69) is 20.1 Å². The van der Waals surface area contributed by atoms with Crippen LogP contribution in [-0.2, 0) is 17.8 Å². The van der Waals surface area contributed by atoms with Gasteiger partial charge in [0.1, 0.15) is 5.75 Å². The number of halogens is 1. The van der Waals surface area contributed by atoms with E-state index in [1.807, 2.05) is 54.7 Å². The Morgan fingerprint density at radius 1 is 1.24 bits per heavy atom. The maximum absolute atomic E-state index is 12.3. The van der Waals surface area contributed by atoms with Gasteiger partial charge in [-0.3, -0.25) is 9.20 Å². The number of hydrogen-bond acceptors (Lipinski definition) is 4. The second-order valence-corrected chi connectivity index (χ2v) is 7.91. The molecular formula is C22H20ClN3O2S. The van der Waals surface area contributed by atoms with Gasteiger partial charge < -0.3 is 10.1 Å². The van der Waals surface area contributed by atoms with Crippen molar-refractivity contribution < 1.29 is 9.53 Å². The number of amides is 1. The van der Waals surface area contributed by atoms with E-state index in [4.69, 9.17) is 16.3 Å². The van der Waals surface area contributed by atoms with Gasteiger partial charge in [0.25, 0.3) is 0 Å². The normalized spacial score (nSPS) is 11.0. The summed E-state index contributed by atoms with van der Waals surface area (Å²) in [7, 11) is 1.63. The molecule has 1 amide bonds. The van der Waals surface area contributed by atoms with Crippen LogP contribution in [0.1, 0.15) is 17.7 Å². The molecule has 4 rings (SSSR count). The van der Waals surface area contributed by atoms with Crippen LogP contribution >= 0.6 is 22.9 Å². The second-order valence-electron chi connectivity index (χ2n) is 6.64. The Labute approximate surface area is 177 Å². The molecule has 0 bridgehead atoms. The van der Waals surface area contributed by atoms with Crippen molar-refractivity contribution in [3.63, 3.8) is 0 Å². The van der Waals surface area contributed by atoms with Crippen LogP contribution in [0, 0.1) is 0 Å². The molecular weight excluding hydrogens is 406 g/mol. The van der Waals surface area contributed by atoms with E-state index in [1.54, 1.807) is 18.4 Å². The van der Waals surface area contributed by atoms with Gasteiger partial charge in [-0.05, 0) is 36.2 Å². The molecule has 0 radical (unpaired) electrons. The molecule has 0 saturated heterocycles. The van der Waals surface area contributed by atoms with Crippen molar-refractivity contribution in [1.29, 1.82) is 0 Å². The van der Waals surface area contributed by atoms with Crippen LogP contribution in [-0.4, -0.2) is 22.4 Å². The molecule has 1 N–H and O–H groups in total. The van der Waals surface area contributed by atoms with Crippen LogP contribution in [0.15, 0.2) is 60.1 Å². The van der Waals surface area contributed by atoms with Crippen molar-refractivity contribution in [2.24, 2.45) is 0 Å². The number of nitrogens with zero attached hydrogens (tertiary/aromatic N) is 2. The van der Waals surface area contributed by atoms with Crippen molar-refractivity contribution >= 4 is 33.8 Å². The SMILES string of the molecule is COc1cccc(CNC(=O)CCc2csc3nc(-c4ccc(Cl)cc4)cn23)c1. The first-order valence-electron chi connectivity index (χ1n) is 9.23. The molecule has 0 atom stereocenters. The van der Waals surface area contributed by atoms with Gasteiger partial charge in [0.05, 0.1) is 12.8 Å². The number of imidazole rings is 1. The highest BCUT2D eigenvalue weighted by Gasteiger charge is 2.11. The van der Waals surface area contributed by atoms with Crippen molar-refractivity contribution in [2.45, 2.75) is 19.4 Å². The lowest BCUT2D eigenvalue weighted by atomic mass is 10.2. The predicted octanol–water partition coefficient (Wildman–Crippen LogP) is 4.97. The van der Waals surface area contributed by atoms with Crippen molar-refractivity contribution in [3.8, 4) is 17.0 Å². The smallest absolute Gasteiger partial charge is 0.220 e. The van der Waals surface area contributed by atoms with E-state index in [0.29, 0.717) is 24.4 Å². The first kappa shape index (κ1) is 19.5. The van der Waals surface area contributed by atoms with Crippen LogP contribution < -0.4 is 10.1 Å². The van der Waals surface area contributed by atoms with Crippen LogP contribution in [0.25, 0.3) is 16.2 Å². The molecule has 0 fully saturated rings. The number of aromatic nitrogens is 2. The standard InChI is InChI=1S/C22H20ClN3O2S/c1-28-19-4-2-3-15(11-19)12-24-21(27)10-9-18-14-29-22-25-20(13-26(18)22)16-5-7-17(23)8-6-16/h2-8,11,13-14H,9-10,12H2,1H3,(H,24,27). The molecule has 0 aliphatic carbocycles. The number of fused-ring (bicyclic) bond motifs is 1. The van der Waals surface area contributed by atoms with Crippen LogP contribution in [0.5, 0.6) is 5.75 Å². The van der Waals surface area contributed by atoms with Crippen molar-refractivity contribution in [3.05, 3.63) is 76.4 Å². The van der Waals surface area contributed by atoms with Crippen LogP contribution in [0.2, 0.25) is 5.02 Å². The van der Waals surface area contributed by atoms with Crippen LogP contribution in [0.3, 0.4) is 0 Å². The fourth-order valence-corrected chi connectivity index (χ4v) is 4.12. The summed E-state index contributed by atoms with van der Waals surface area (Å²) >= 11 is 7.54. The minimum Gasteiger partial charge on any atom is -0.497 e. The third kappa shape index (κ3) is 4.60. The van der Waals surface area contributed by atoms with Gasteiger partial charge >= 0.3 is 0 Å². The summed E-state index contributed by atoms with van der Waals surface area (Å²) in [6.07, 6.45) is 3.09. The first-order chi connectivity index (χ1) is 14.1. The average Bonchev–Trinajstić information content (AvgIpc) is 3.32. The minimum atomic E-state index is 0.0187. The van der Waals surface area contributed by atoms with Gasteiger partial charge in [-0.25, -0.2) is 4.98 Å².